The number of imide groups is 1. The van der Waals surface area contributed by atoms with Crippen LogP contribution in [0.1, 0.15) is 35.6 Å². The van der Waals surface area contributed by atoms with Crippen molar-refractivity contribution in [1.82, 2.24) is 10.2 Å². The predicted octanol–water partition coefficient (Wildman–Crippen LogP) is 3.41. The molecule has 1 heterocycles. The van der Waals surface area contributed by atoms with Crippen molar-refractivity contribution in [2.45, 2.75) is 39.7 Å². The van der Waals surface area contributed by atoms with E-state index in [9.17, 15) is 14.4 Å². The Labute approximate surface area is 164 Å². The molecule has 1 aliphatic rings. The summed E-state index contributed by atoms with van der Waals surface area (Å²) in [5.74, 6) is -0.808. The maximum absolute atomic E-state index is 13.1. The first-order valence-corrected chi connectivity index (χ1v) is 9.36. The van der Waals surface area contributed by atoms with E-state index in [1.54, 1.807) is 0 Å². The zero-order chi connectivity index (χ0) is 20.5. The average molecular weight is 379 g/mol. The Hall–Kier alpha value is -3.15. The molecule has 0 unspecified atom stereocenters. The van der Waals surface area contributed by atoms with Gasteiger partial charge in [-0.05, 0) is 43.9 Å². The maximum Gasteiger partial charge on any atom is 0.325 e. The molecule has 1 saturated heterocycles. The Morgan fingerprint density at radius 3 is 2.25 bits per heavy atom. The molecule has 0 bridgehead atoms. The molecule has 6 nitrogen and oxygen atoms in total. The number of aryl methyl sites for hydroxylation is 3. The SMILES string of the molecule is CC[C@]1(c2ccccc2)NC(=O)N(CC(=O)Nc2c(C)cc(C)cc2C)C1=O. The van der Waals surface area contributed by atoms with Crippen LogP contribution < -0.4 is 10.6 Å². The molecule has 4 amide bonds. The molecular weight excluding hydrogens is 354 g/mol. The first-order chi connectivity index (χ1) is 13.3. The minimum atomic E-state index is -1.13. The van der Waals surface area contributed by atoms with E-state index in [-0.39, 0.29) is 6.54 Å². The second-order valence-corrected chi connectivity index (χ2v) is 7.27. The van der Waals surface area contributed by atoms with Crippen LogP contribution in [0.15, 0.2) is 42.5 Å². The monoisotopic (exact) mass is 379 g/mol. The lowest BCUT2D eigenvalue weighted by Crippen LogP contribution is -2.44. The summed E-state index contributed by atoms with van der Waals surface area (Å²) in [6.45, 7) is 7.34. The van der Waals surface area contributed by atoms with E-state index in [2.05, 4.69) is 10.6 Å². The van der Waals surface area contributed by atoms with Gasteiger partial charge >= 0.3 is 6.03 Å². The third kappa shape index (κ3) is 3.38. The number of urea groups is 1. The zero-order valence-electron chi connectivity index (χ0n) is 16.6. The first-order valence-electron chi connectivity index (χ1n) is 9.36. The number of carbonyl (C=O) groups excluding carboxylic acids is 3. The molecule has 0 aliphatic carbocycles. The molecular formula is C22H25N3O3. The molecule has 2 aromatic rings. The fourth-order valence-corrected chi connectivity index (χ4v) is 3.83. The summed E-state index contributed by atoms with van der Waals surface area (Å²) in [7, 11) is 0. The van der Waals surface area contributed by atoms with Gasteiger partial charge in [0.2, 0.25) is 5.91 Å². The van der Waals surface area contributed by atoms with Gasteiger partial charge in [0.05, 0.1) is 0 Å². The van der Waals surface area contributed by atoms with Crippen LogP contribution in [-0.2, 0) is 15.1 Å². The molecule has 0 spiro atoms. The summed E-state index contributed by atoms with van der Waals surface area (Å²) in [5.41, 5.74) is 3.29. The molecule has 6 heteroatoms. The number of nitrogens with one attached hydrogen (secondary N) is 2. The third-order valence-corrected chi connectivity index (χ3v) is 5.22. The van der Waals surface area contributed by atoms with Crippen molar-refractivity contribution in [3.05, 3.63) is 64.7 Å². The van der Waals surface area contributed by atoms with Crippen LogP contribution in [-0.4, -0.2) is 29.3 Å². The van der Waals surface area contributed by atoms with Gasteiger partial charge in [-0.25, -0.2) is 4.79 Å². The largest absolute Gasteiger partial charge is 0.325 e. The third-order valence-electron chi connectivity index (χ3n) is 5.22. The molecule has 1 aliphatic heterocycles. The van der Waals surface area contributed by atoms with E-state index in [4.69, 9.17) is 0 Å². The Morgan fingerprint density at radius 1 is 1.07 bits per heavy atom. The Kier molecular flexibility index (Phi) is 5.23. The Balaban J connectivity index is 1.80. The maximum atomic E-state index is 13.1. The van der Waals surface area contributed by atoms with Crippen molar-refractivity contribution in [3.8, 4) is 0 Å². The topological polar surface area (TPSA) is 78.5 Å². The second-order valence-electron chi connectivity index (χ2n) is 7.27. The summed E-state index contributed by atoms with van der Waals surface area (Å²) in [6.07, 6.45) is 0.399. The normalized spacial score (nSPS) is 18.9. The fourth-order valence-electron chi connectivity index (χ4n) is 3.83. The number of benzene rings is 2. The first kappa shape index (κ1) is 19.6. The number of nitrogens with zero attached hydrogens (tertiary/aromatic N) is 1. The molecule has 28 heavy (non-hydrogen) atoms. The lowest BCUT2D eigenvalue weighted by molar-refractivity contribution is -0.134. The van der Waals surface area contributed by atoms with Gasteiger partial charge in [-0.15, -0.1) is 0 Å². The number of carbonyl (C=O) groups is 3. The van der Waals surface area contributed by atoms with E-state index in [0.717, 1.165) is 21.6 Å². The molecule has 3 rings (SSSR count). The van der Waals surface area contributed by atoms with Gasteiger partial charge in [-0.1, -0.05) is 55.0 Å². The fraction of sp³-hybridized carbons (Fsp3) is 0.318. The van der Waals surface area contributed by atoms with E-state index in [1.165, 1.54) is 0 Å². The van der Waals surface area contributed by atoms with Gasteiger partial charge < -0.3 is 10.6 Å². The van der Waals surface area contributed by atoms with Crippen LogP contribution in [0.25, 0.3) is 0 Å². The second kappa shape index (κ2) is 7.46. The van der Waals surface area contributed by atoms with Gasteiger partial charge in [-0.3, -0.25) is 14.5 Å². The lowest BCUT2D eigenvalue weighted by Gasteiger charge is -2.25. The van der Waals surface area contributed by atoms with Gasteiger partial charge in [0.15, 0.2) is 0 Å². The van der Waals surface area contributed by atoms with Crippen LogP contribution >= 0.6 is 0 Å². The highest BCUT2D eigenvalue weighted by Gasteiger charge is 2.51. The highest BCUT2D eigenvalue weighted by Crippen LogP contribution is 2.32. The summed E-state index contributed by atoms with van der Waals surface area (Å²) in [4.78, 5) is 39.2. The van der Waals surface area contributed by atoms with Crippen LogP contribution in [0.5, 0.6) is 0 Å². The summed E-state index contributed by atoms with van der Waals surface area (Å²) >= 11 is 0. The van der Waals surface area contributed by atoms with E-state index >= 15 is 0 Å². The molecule has 0 aromatic heterocycles. The Morgan fingerprint density at radius 2 is 1.68 bits per heavy atom. The number of hydrogen-bond acceptors (Lipinski definition) is 3. The molecule has 1 atom stereocenters. The van der Waals surface area contributed by atoms with Crippen molar-refractivity contribution in [2.75, 3.05) is 11.9 Å². The predicted molar refractivity (Wildman–Crippen MR) is 108 cm³/mol. The number of hydrogen-bond donors (Lipinski definition) is 2. The van der Waals surface area contributed by atoms with Crippen molar-refractivity contribution >= 4 is 23.5 Å². The Bertz CT molecular complexity index is 916. The molecule has 0 saturated carbocycles. The molecule has 2 aromatic carbocycles. The van der Waals surface area contributed by atoms with Crippen LogP contribution in [0.2, 0.25) is 0 Å². The molecule has 0 radical (unpaired) electrons. The summed E-state index contributed by atoms with van der Waals surface area (Å²) < 4.78 is 0. The van der Waals surface area contributed by atoms with Crippen molar-refractivity contribution in [2.24, 2.45) is 0 Å². The van der Waals surface area contributed by atoms with Crippen molar-refractivity contribution in [3.63, 3.8) is 0 Å². The quantitative estimate of drug-likeness (QED) is 0.782. The summed E-state index contributed by atoms with van der Waals surface area (Å²) in [5, 5.41) is 5.64. The zero-order valence-corrected chi connectivity index (χ0v) is 16.6. The molecule has 146 valence electrons. The minimum Gasteiger partial charge on any atom is -0.324 e. The number of anilines is 1. The van der Waals surface area contributed by atoms with Gasteiger partial charge in [0, 0.05) is 5.69 Å². The van der Waals surface area contributed by atoms with E-state index in [1.807, 2.05) is 70.2 Å². The molecule has 1 fully saturated rings. The standard InChI is InChI=1S/C22H25N3O3/c1-5-22(17-9-7-6-8-10-17)20(27)25(21(28)24-22)13-18(26)23-19-15(3)11-14(2)12-16(19)4/h6-12H,5,13H2,1-4H3,(H,23,26)(H,24,28)/t22-/m1/s1. The number of rotatable bonds is 5. The van der Waals surface area contributed by atoms with Gasteiger partial charge in [-0.2, -0.15) is 0 Å². The minimum absolute atomic E-state index is 0.327. The highest BCUT2D eigenvalue weighted by atomic mass is 16.2. The molecule has 2 N–H and O–H groups in total. The lowest BCUT2D eigenvalue weighted by atomic mass is 9.87. The van der Waals surface area contributed by atoms with E-state index < -0.39 is 23.4 Å². The van der Waals surface area contributed by atoms with Crippen molar-refractivity contribution < 1.29 is 14.4 Å². The van der Waals surface area contributed by atoms with Crippen molar-refractivity contribution in [1.29, 1.82) is 0 Å². The smallest absolute Gasteiger partial charge is 0.324 e. The van der Waals surface area contributed by atoms with Crippen LogP contribution in [0.4, 0.5) is 10.5 Å². The highest BCUT2D eigenvalue weighted by molar-refractivity contribution is 6.10. The van der Waals surface area contributed by atoms with E-state index in [0.29, 0.717) is 17.7 Å². The number of amides is 4. The van der Waals surface area contributed by atoms with Gasteiger partial charge in [0.25, 0.3) is 5.91 Å². The average Bonchev–Trinajstić information content (AvgIpc) is 2.90. The summed E-state index contributed by atoms with van der Waals surface area (Å²) in [6, 6.07) is 12.5. The van der Waals surface area contributed by atoms with Crippen LogP contribution in [0, 0.1) is 20.8 Å². The van der Waals surface area contributed by atoms with Crippen LogP contribution in [0.3, 0.4) is 0 Å². The van der Waals surface area contributed by atoms with Gasteiger partial charge in [0.1, 0.15) is 12.1 Å².